The van der Waals surface area contributed by atoms with Gasteiger partial charge in [0.15, 0.2) is 0 Å². The van der Waals surface area contributed by atoms with E-state index < -0.39 is 5.97 Å². The van der Waals surface area contributed by atoms with Crippen molar-refractivity contribution >= 4 is 34.3 Å². The Morgan fingerprint density at radius 2 is 2.29 bits per heavy atom. The maximum absolute atomic E-state index is 10.8. The van der Waals surface area contributed by atoms with Crippen LogP contribution < -0.4 is 5.32 Å². The Labute approximate surface area is 115 Å². The molecule has 0 radical (unpaired) electrons. The third-order valence-corrected chi connectivity index (χ3v) is 3.43. The van der Waals surface area contributed by atoms with Gasteiger partial charge in [0.1, 0.15) is 6.04 Å². The molecular weight excluding hydrogens is 305 g/mol. The molecular formula is C12H15BrClNO2. The third kappa shape index (κ3) is 3.98. The van der Waals surface area contributed by atoms with Crippen molar-refractivity contribution in [3.63, 3.8) is 0 Å². The molecule has 0 aliphatic carbocycles. The normalized spacial score (nSPS) is 23.1. The molecule has 1 aromatic rings. The molecule has 3 nitrogen and oxygen atoms in total. The highest BCUT2D eigenvalue weighted by Crippen LogP contribution is 2.21. The molecule has 2 N–H and O–H groups in total. The van der Waals surface area contributed by atoms with E-state index >= 15 is 0 Å². The van der Waals surface area contributed by atoms with Crippen LogP contribution in [0.15, 0.2) is 28.7 Å². The number of hydrogen-bond donors (Lipinski definition) is 2. The van der Waals surface area contributed by atoms with Gasteiger partial charge in [0, 0.05) is 4.47 Å². The van der Waals surface area contributed by atoms with Gasteiger partial charge in [0.05, 0.1) is 0 Å². The summed E-state index contributed by atoms with van der Waals surface area (Å²) in [6, 6.07) is 7.82. The van der Waals surface area contributed by atoms with Crippen LogP contribution in [0.3, 0.4) is 0 Å². The summed E-state index contributed by atoms with van der Waals surface area (Å²) >= 11 is 3.44. The summed E-state index contributed by atoms with van der Waals surface area (Å²) in [5.41, 5.74) is 1.26. The van der Waals surface area contributed by atoms with Gasteiger partial charge in [-0.3, -0.25) is 4.79 Å². The number of hydrogen-bond acceptors (Lipinski definition) is 2. The summed E-state index contributed by atoms with van der Waals surface area (Å²) in [5, 5.41) is 11.9. The average Bonchev–Trinajstić information content (AvgIpc) is 2.66. The van der Waals surface area contributed by atoms with Crippen molar-refractivity contribution in [3.05, 3.63) is 34.3 Å². The van der Waals surface area contributed by atoms with Gasteiger partial charge in [-0.15, -0.1) is 12.4 Å². The molecule has 1 aliphatic heterocycles. The first-order valence-electron chi connectivity index (χ1n) is 5.36. The number of rotatable bonds is 3. The first-order chi connectivity index (χ1) is 7.65. The van der Waals surface area contributed by atoms with Gasteiger partial charge >= 0.3 is 5.97 Å². The first kappa shape index (κ1) is 14.5. The maximum atomic E-state index is 10.8. The van der Waals surface area contributed by atoms with Gasteiger partial charge in [-0.25, -0.2) is 0 Å². The summed E-state index contributed by atoms with van der Waals surface area (Å²) < 4.78 is 1.07. The SMILES string of the molecule is Cl.O=C(O)[C@@H]1C[C@@H](Cc2cccc(Br)c2)CN1. The van der Waals surface area contributed by atoms with Crippen molar-refractivity contribution < 1.29 is 9.90 Å². The molecule has 5 heteroatoms. The van der Waals surface area contributed by atoms with Crippen molar-refractivity contribution in [2.75, 3.05) is 6.54 Å². The molecule has 1 heterocycles. The van der Waals surface area contributed by atoms with Crippen LogP contribution in [-0.2, 0) is 11.2 Å². The zero-order chi connectivity index (χ0) is 11.5. The largest absolute Gasteiger partial charge is 0.480 e. The molecule has 2 atom stereocenters. The highest BCUT2D eigenvalue weighted by Gasteiger charge is 2.28. The van der Waals surface area contributed by atoms with Crippen LogP contribution >= 0.6 is 28.3 Å². The predicted octanol–water partition coefficient (Wildman–Crippen LogP) is 2.48. The van der Waals surface area contributed by atoms with Gasteiger partial charge < -0.3 is 10.4 Å². The van der Waals surface area contributed by atoms with Crippen LogP contribution in [0, 0.1) is 5.92 Å². The fourth-order valence-electron chi connectivity index (χ4n) is 2.15. The van der Waals surface area contributed by atoms with Crippen LogP contribution in [0.25, 0.3) is 0 Å². The minimum Gasteiger partial charge on any atom is -0.480 e. The second kappa shape index (κ2) is 6.38. The second-order valence-electron chi connectivity index (χ2n) is 4.23. The lowest BCUT2D eigenvalue weighted by Gasteiger charge is -2.08. The van der Waals surface area contributed by atoms with Gasteiger partial charge in [0.25, 0.3) is 0 Å². The number of carboxylic acids is 1. The zero-order valence-corrected chi connectivity index (χ0v) is 11.6. The van der Waals surface area contributed by atoms with E-state index in [0.29, 0.717) is 5.92 Å². The Hall–Kier alpha value is -0.580. The maximum Gasteiger partial charge on any atom is 0.320 e. The lowest BCUT2D eigenvalue weighted by molar-refractivity contribution is -0.139. The Balaban J connectivity index is 0.00000144. The van der Waals surface area contributed by atoms with Crippen LogP contribution in [0.4, 0.5) is 0 Å². The number of carboxylic acid groups (broad SMARTS) is 1. The van der Waals surface area contributed by atoms with E-state index in [4.69, 9.17) is 5.11 Å². The number of carbonyl (C=O) groups is 1. The van der Waals surface area contributed by atoms with Gasteiger partial charge in [0.2, 0.25) is 0 Å². The first-order valence-corrected chi connectivity index (χ1v) is 6.15. The quantitative estimate of drug-likeness (QED) is 0.899. The summed E-state index contributed by atoms with van der Waals surface area (Å²) in [5.74, 6) is -0.313. The smallest absolute Gasteiger partial charge is 0.320 e. The Kier molecular flexibility index (Phi) is 5.43. The monoisotopic (exact) mass is 319 g/mol. The van der Waals surface area contributed by atoms with Crippen molar-refractivity contribution in [3.8, 4) is 0 Å². The lowest BCUT2D eigenvalue weighted by Crippen LogP contribution is -2.29. The fourth-order valence-corrected chi connectivity index (χ4v) is 2.60. The average molecular weight is 321 g/mol. The Morgan fingerprint density at radius 3 is 2.88 bits per heavy atom. The van der Waals surface area contributed by atoms with Gasteiger partial charge in [-0.05, 0) is 43.0 Å². The molecule has 0 saturated carbocycles. The molecule has 1 aliphatic rings. The molecule has 1 fully saturated rings. The van der Waals surface area contributed by atoms with Crippen LogP contribution in [0.5, 0.6) is 0 Å². The standard InChI is InChI=1S/C12H14BrNO2.ClH/c13-10-3-1-2-8(5-10)4-9-6-11(12(15)16)14-7-9;/h1-3,5,9,11,14H,4,6-7H2,(H,15,16);1H/t9-,11+;/m1./s1. The molecule has 0 unspecified atom stereocenters. The molecule has 17 heavy (non-hydrogen) atoms. The van der Waals surface area contributed by atoms with Crippen molar-refractivity contribution in [1.82, 2.24) is 5.32 Å². The minimum atomic E-state index is -0.739. The second-order valence-corrected chi connectivity index (χ2v) is 5.15. The fraction of sp³-hybridized carbons (Fsp3) is 0.417. The summed E-state index contributed by atoms with van der Waals surface area (Å²) in [6.45, 7) is 0.795. The van der Waals surface area contributed by atoms with E-state index in [1.807, 2.05) is 12.1 Å². The van der Waals surface area contributed by atoms with E-state index in [-0.39, 0.29) is 18.4 Å². The van der Waals surface area contributed by atoms with E-state index in [1.165, 1.54) is 5.56 Å². The van der Waals surface area contributed by atoms with Crippen molar-refractivity contribution in [2.45, 2.75) is 18.9 Å². The van der Waals surface area contributed by atoms with Gasteiger partial charge in [-0.1, -0.05) is 28.1 Å². The lowest BCUT2D eigenvalue weighted by atomic mass is 9.97. The van der Waals surface area contributed by atoms with E-state index in [2.05, 4.69) is 33.4 Å². The zero-order valence-electron chi connectivity index (χ0n) is 9.23. The molecule has 1 saturated heterocycles. The molecule has 0 spiro atoms. The van der Waals surface area contributed by atoms with Crippen LogP contribution in [-0.4, -0.2) is 23.7 Å². The number of halogens is 2. The van der Waals surface area contributed by atoms with E-state index in [1.54, 1.807) is 0 Å². The minimum absolute atomic E-state index is 0. The number of benzene rings is 1. The van der Waals surface area contributed by atoms with Crippen molar-refractivity contribution in [2.24, 2.45) is 5.92 Å². The molecule has 94 valence electrons. The highest BCUT2D eigenvalue weighted by molar-refractivity contribution is 9.10. The molecule has 0 bridgehead atoms. The highest BCUT2D eigenvalue weighted by atomic mass is 79.9. The Bertz CT molecular complexity index is 400. The Morgan fingerprint density at radius 1 is 1.53 bits per heavy atom. The third-order valence-electron chi connectivity index (χ3n) is 2.93. The molecule has 0 amide bonds. The number of nitrogens with one attached hydrogen (secondary N) is 1. The van der Waals surface area contributed by atoms with Crippen LogP contribution in [0.2, 0.25) is 0 Å². The van der Waals surface area contributed by atoms with E-state index in [9.17, 15) is 4.79 Å². The van der Waals surface area contributed by atoms with E-state index in [0.717, 1.165) is 23.9 Å². The van der Waals surface area contributed by atoms with Crippen LogP contribution in [0.1, 0.15) is 12.0 Å². The number of aliphatic carboxylic acids is 1. The topological polar surface area (TPSA) is 49.3 Å². The summed E-state index contributed by atoms with van der Waals surface area (Å²) in [4.78, 5) is 10.8. The predicted molar refractivity (Wildman–Crippen MR) is 72.6 cm³/mol. The summed E-state index contributed by atoms with van der Waals surface area (Å²) in [7, 11) is 0. The molecule has 2 rings (SSSR count). The summed E-state index contributed by atoms with van der Waals surface area (Å²) in [6.07, 6.45) is 1.66. The van der Waals surface area contributed by atoms with Crippen molar-refractivity contribution in [1.29, 1.82) is 0 Å². The molecule has 1 aromatic carbocycles. The molecule has 0 aromatic heterocycles. The van der Waals surface area contributed by atoms with Gasteiger partial charge in [-0.2, -0.15) is 0 Å².